The van der Waals surface area contributed by atoms with Crippen molar-refractivity contribution in [1.29, 1.82) is 0 Å². The molecule has 0 aliphatic rings. The summed E-state index contributed by atoms with van der Waals surface area (Å²) in [6, 6.07) is 7.51. The molecule has 0 aliphatic carbocycles. The lowest BCUT2D eigenvalue weighted by Crippen LogP contribution is -2.39. The van der Waals surface area contributed by atoms with Gasteiger partial charge in [-0.1, -0.05) is 23.7 Å². The summed E-state index contributed by atoms with van der Waals surface area (Å²) in [6.45, 7) is -0.0763. The number of nitrogens with one attached hydrogen (secondary N) is 1. The SMILES string of the molecule is CN=C(NCCCOCC(F)(F)F)N(C)Cc1cccc(Cl)c1. The van der Waals surface area contributed by atoms with Crippen molar-refractivity contribution in [3.8, 4) is 0 Å². The second-order valence-corrected chi connectivity index (χ2v) is 5.42. The zero-order valence-electron chi connectivity index (χ0n) is 13.2. The molecule has 0 aromatic heterocycles. The number of hydrogen-bond acceptors (Lipinski definition) is 2. The Balaban J connectivity index is 2.31. The van der Waals surface area contributed by atoms with Crippen LogP contribution in [-0.2, 0) is 11.3 Å². The first-order valence-electron chi connectivity index (χ1n) is 7.12. The highest BCUT2D eigenvalue weighted by atomic mass is 35.5. The van der Waals surface area contributed by atoms with Crippen LogP contribution in [0.5, 0.6) is 0 Å². The highest BCUT2D eigenvalue weighted by Crippen LogP contribution is 2.14. The fourth-order valence-corrected chi connectivity index (χ4v) is 2.14. The molecule has 0 unspecified atom stereocenters. The van der Waals surface area contributed by atoms with Gasteiger partial charge in [-0.05, 0) is 24.1 Å². The van der Waals surface area contributed by atoms with Crippen molar-refractivity contribution in [2.45, 2.75) is 19.1 Å². The molecule has 0 radical (unpaired) electrons. The van der Waals surface area contributed by atoms with Crippen molar-refractivity contribution in [2.24, 2.45) is 4.99 Å². The minimum Gasteiger partial charge on any atom is -0.372 e. The second-order valence-electron chi connectivity index (χ2n) is 4.98. The Labute approximate surface area is 139 Å². The zero-order valence-corrected chi connectivity index (χ0v) is 13.9. The molecule has 1 aromatic carbocycles. The summed E-state index contributed by atoms with van der Waals surface area (Å²) in [5.41, 5.74) is 1.04. The van der Waals surface area contributed by atoms with Crippen LogP contribution in [0.4, 0.5) is 13.2 Å². The van der Waals surface area contributed by atoms with Gasteiger partial charge < -0.3 is 15.0 Å². The minimum absolute atomic E-state index is 0.0432. The van der Waals surface area contributed by atoms with E-state index in [1.807, 2.05) is 30.1 Å². The number of halogens is 4. The third kappa shape index (κ3) is 8.66. The van der Waals surface area contributed by atoms with E-state index < -0.39 is 12.8 Å². The van der Waals surface area contributed by atoms with E-state index in [4.69, 9.17) is 11.6 Å². The lowest BCUT2D eigenvalue weighted by Gasteiger charge is -2.22. The van der Waals surface area contributed by atoms with Crippen LogP contribution in [0.25, 0.3) is 0 Å². The monoisotopic (exact) mass is 351 g/mol. The third-order valence-electron chi connectivity index (χ3n) is 2.90. The molecular weight excluding hydrogens is 331 g/mol. The van der Waals surface area contributed by atoms with Crippen molar-refractivity contribution < 1.29 is 17.9 Å². The number of aliphatic imine (C=N–C) groups is 1. The van der Waals surface area contributed by atoms with Crippen LogP contribution in [0, 0.1) is 0 Å². The lowest BCUT2D eigenvalue weighted by atomic mass is 10.2. The first kappa shape index (κ1) is 19.6. The molecule has 1 aromatic rings. The van der Waals surface area contributed by atoms with Crippen LogP contribution in [-0.4, -0.2) is 50.9 Å². The van der Waals surface area contributed by atoms with Gasteiger partial charge in [0.1, 0.15) is 6.61 Å². The maximum atomic E-state index is 11.9. The van der Waals surface area contributed by atoms with Gasteiger partial charge in [0.05, 0.1) is 0 Å². The van der Waals surface area contributed by atoms with Crippen LogP contribution in [0.3, 0.4) is 0 Å². The molecule has 0 aliphatic heterocycles. The van der Waals surface area contributed by atoms with Gasteiger partial charge >= 0.3 is 6.18 Å². The van der Waals surface area contributed by atoms with Gasteiger partial charge in [0, 0.05) is 38.8 Å². The number of guanidine groups is 1. The van der Waals surface area contributed by atoms with Gasteiger partial charge in [-0.3, -0.25) is 4.99 Å². The van der Waals surface area contributed by atoms with E-state index in [1.54, 1.807) is 13.1 Å². The molecular formula is C15H21ClF3N3O. The predicted octanol–water partition coefficient (Wildman–Crippen LogP) is 3.32. The molecule has 0 bridgehead atoms. The highest BCUT2D eigenvalue weighted by molar-refractivity contribution is 6.30. The molecule has 0 saturated heterocycles. The van der Waals surface area contributed by atoms with Crippen molar-refractivity contribution in [2.75, 3.05) is 33.9 Å². The van der Waals surface area contributed by atoms with Gasteiger partial charge in [0.25, 0.3) is 0 Å². The number of benzene rings is 1. The van der Waals surface area contributed by atoms with E-state index in [-0.39, 0.29) is 6.61 Å². The molecule has 1 rings (SSSR count). The number of alkyl halides is 3. The summed E-state index contributed by atoms with van der Waals surface area (Å²) in [5.74, 6) is 0.654. The van der Waals surface area contributed by atoms with E-state index >= 15 is 0 Å². The zero-order chi connectivity index (χ0) is 17.3. The standard InChI is InChI=1S/C15H21ClF3N3O/c1-20-14(21-7-4-8-23-11-15(17,18)19)22(2)10-12-5-3-6-13(16)9-12/h3,5-6,9H,4,7-8,10-11H2,1-2H3,(H,20,21). The smallest absolute Gasteiger partial charge is 0.372 e. The number of ether oxygens (including phenoxy) is 1. The molecule has 0 fully saturated rings. The van der Waals surface area contributed by atoms with E-state index in [0.29, 0.717) is 30.5 Å². The molecule has 0 atom stereocenters. The van der Waals surface area contributed by atoms with Gasteiger partial charge in [0.2, 0.25) is 0 Å². The van der Waals surface area contributed by atoms with E-state index in [1.165, 1.54) is 0 Å². The second kappa shape index (κ2) is 9.62. The quantitative estimate of drug-likeness (QED) is 0.465. The lowest BCUT2D eigenvalue weighted by molar-refractivity contribution is -0.173. The number of nitrogens with zero attached hydrogens (tertiary/aromatic N) is 2. The van der Waals surface area contributed by atoms with Crippen molar-refractivity contribution in [3.05, 3.63) is 34.9 Å². The normalized spacial score (nSPS) is 12.3. The molecule has 1 N–H and O–H groups in total. The maximum absolute atomic E-state index is 11.9. The van der Waals surface area contributed by atoms with Crippen LogP contribution in [0.15, 0.2) is 29.3 Å². The number of hydrogen-bond donors (Lipinski definition) is 1. The van der Waals surface area contributed by atoms with E-state index in [2.05, 4.69) is 15.0 Å². The van der Waals surface area contributed by atoms with Crippen molar-refractivity contribution in [1.82, 2.24) is 10.2 Å². The summed E-state index contributed by atoms with van der Waals surface area (Å²) in [7, 11) is 3.52. The first-order chi connectivity index (χ1) is 10.8. The summed E-state index contributed by atoms with van der Waals surface area (Å²) in [5, 5.41) is 3.75. The fraction of sp³-hybridized carbons (Fsp3) is 0.533. The average Bonchev–Trinajstić information content (AvgIpc) is 2.45. The summed E-state index contributed by atoms with van der Waals surface area (Å²) >= 11 is 5.95. The highest BCUT2D eigenvalue weighted by Gasteiger charge is 2.27. The van der Waals surface area contributed by atoms with Crippen LogP contribution < -0.4 is 5.32 Å². The van der Waals surface area contributed by atoms with Crippen LogP contribution >= 0.6 is 11.6 Å². The van der Waals surface area contributed by atoms with Crippen molar-refractivity contribution >= 4 is 17.6 Å². The molecule has 0 spiro atoms. The maximum Gasteiger partial charge on any atom is 0.411 e. The van der Waals surface area contributed by atoms with Crippen LogP contribution in [0.1, 0.15) is 12.0 Å². The molecule has 0 heterocycles. The third-order valence-corrected chi connectivity index (χ3v) is 3.13. The largest absolute Gasteiger partial charge is 0.411 e. The summed E-state index contributed by atoms with van der Waals surface area (Å²) in [6.07, 6.45) is -3.82. The minimum atomic E-state index is -4.28. The van der Waals surface area contributed by atoms with Crippen LogP contribution in [0.2, 0.25) is 5.02 Å². The summed E-state index contributed by atoms with van der Waals surface area (Å²) < 4.78 is 40.3. The van der Waals surface area contributed by atoms with Gasteiger partial charge in [-0.2, -0.15) is 13.2 Å². The molecule has 4 nitrogen and oxygen atoms in total. The number of rotatable bonds is 7. The van der Waals surface area contributed by atoms with Gasteiger partial charge in [-0.25, -0.2) is 0 Å². The Morgan fingerprint density at radius 1 is 1.39 bits per heavy atom. The topological polar surface area (TPSA) is 36.9 Å². The van der Waals surface area contributed by atoms with E-state index in [9.17, 15) is 13.2 Å². The molecule has 0 amide bonds. The van der Waals surface area contributed by atoms with Gasteiger partial charge in [-0.15, -0.1) is 0 Å². The molecule has 130 valence electrons. The first-order valence-corrected chi connectivity index (χ1v) is 7.50. The molecule has 0 saturated carbocycles. The molecule has 23 heavy (non-hydrogen) atoms. The predicted molar refractivity (Wildman–Crippen MR) is 85.8 cm³/mol. The van der Waals surface area contributed by atoms with Crippen molar-refractivity contribution in [3.63, 3.8) is 0 Å². The van der Waals surface area contributed by atoms with Gasteiger partial charge in [0.15, 0.2) is 5.96 Å². The Morgan fingerprint density at radius 3 is 2.74 bits per heavy atom. The Morgan fingerprint density at radius 2 is 2.13 bits per heavy atom. The van der Waals surface area contributed by atoms with E-state index in [0.717, 1.165) is 5.56 Å². The fourth-order valence-electron chi connectivity index (χ4n) is 1.93. The average molecular weight is 352 g/mol. The summed E-state index contributed by atoms with van der Waals surface area (Å²) in [4.78, 5) is 6.05. The Kier molecular flexibility index (Phi) is 8.19. The Hall–Kier alpha value is -1.47. The Bertz CT molecular complexity index is 509. The molecule has 8 heteroatoms.